The summed E-state index contributed by atoms with van der Waals surface area (Å²) in [6.45, 7) is 13.7. The number of hydrogen-bond donors (Lipinski definition) is 1. The summed E-state index contributed by atoms with van der Waals surface area (Å²) in [6.07, 6.45) is 1.40. The molecular weight excluding hydrogens is 330 g/mol. The Morgan fingerprint density at radius 1 is 1.19 bits per heavy atom. The lowest BCUT2D eigenvalue weighted by Gasteiger charge is -2.22. The van der Waals surface area contributed by atoms with Crippen molar-refractivity contribution in [1.29, 1.82) is 0 Å². The smallest absolute Gasteiger partial charge is 0.325 e. The van der Waals surface area contributed by atoms with E-state index in [4.69, 9.17) is 0 Å². The molecule has 1 aliphatic heterocycles. The molecule has 0 radical (unpaired) electrons. The first-order valence-electron chi connectivity index (χ1n) is 9.33. The lowest BCUT2D eigenvalue weighted by Crippen LogP contribution is -2.44. The van der Waals surface area contributed by atoms with E-state index in [9.17, 15) is 14.4 Å². The van der Waals surface area contributed by atoms with Crippen LogP contribution in [0.15, 0.2) is 6.07 Å². The second kappa shape index (κ2) is 7.25. The van der Waals surface area contributed by atoms with Gasteiger partial charge in [0.15, 0.2) is 5.78 Å². The van der Waals surface area contributed by atoms with Crippen molar-refractivity contribution in [2.45, 2.75) is 72.9 Å². The van der Waals surface area contributed by atoms with Crippen LogP contribution in [0.2, 0.25) is 0 Å². The predicted molar refractivity (Wildman–Crippen MR) is 101 cm³/mol. The van der Waals surface area contributed by atoms with E-state index in [-0.39, 0.29) is 24.3 Å². The summed E-state index contributed by atoms with van der Waals surface area (Å²) < 4.78 is 2.09. The average molecular weight is 361 g/mol. The number of imide groups is 1. The van der Waals surface area contributed by atoms with Gasteiger partial charge < -0.3 is 9.88 Å². The highest BCUT2D eigenvalue weighted by Gasteiger charge is 2.48. The average Bonchev–Trinajstić information content (AvgIpc) is 2.94. The van der Waals surface area contributed by atoms with Gasteiger partial charge in [-0.15, -0.1) is 0 Å². The van der Waals surface area contributed by atoms with Gasteiger partial charge in [-0.2, -0.15) is 0 Å². The minimum Gasteiger partial charge on any atom is -0.346 e. The van der Waals surface area contributed by atoms with E-state index in [1.165, 1.54) is 0 Å². The van der Waals surface area contributed by atoms with Crippen LogP contribution in [-0.4, -0.2) is 39.3 Å². The molecule has 26 heavy (non-hydrogen) atoms. The molecule has 1 atom stereocenters. The van der Waals surface area contributed by atoms with E-state index in [1.807, 2.05) is 19.9 Å². The summed E-state index contributed by atoms with van der Waals surface area (Å²) in [5, 5.41) is 2.77. The fraction of sp³-hybridized carbons (Fsp3) is 0.650. The van der Waals surface area contributed by atoms with E-state index in [0.29, 0.717) is 17.9 Å². The molecule has 0 aliphatic carbocycles. The maximum Gasteiger partial charge on any atom is 0.325 e. The van der Waals surface area contributed by atoms with Crippen molar-refractivity contribution >= 4 is 17.7 Å². The van der Waals surface area contributed by atoms with Crippen molar-refractivity contribution in [2.24, 2.45) is 5.92 Å². The van der Waals surface area contributed by atoms with Gasteiger partial charge in [0.2, 0.25) is 0 Å². The van der Waals surface area contributed by atoms with Crippen LogP contribution in [0, 0.1) is 19.8 Å². The summed E-state index contributed by atoms with van der Waals surface area (Å²) in [4.78, 5) is 38.9. The number of aryl methyl sites for hydroxylation is 1. The van der Waals surface area contributed by atoms with Crippen LogP contribution in [0.25, 0.3) is 0 Å². The van der Waals surface area contributed by atoms with Crippen LogP contribution in [0.1, 0.15) is 75.2 Å². The second-order valence-corrected chi connectivity index (χ2v) is 8.26. The van der Waals surface area contributed by atoms with Gasteiger partial charge in [-0.25, -0.2) is 4.79 Å². The van der Waals surface area contributed by atoms with E-state index in [1.54, 1.807) is 6.92 Å². The summed E-state index contributed by atoms with van der Waals surface area (Å²) in [5.41, 5.74) is 1.53. The largest absolute Gasteiger partial charge is 0.346 e. The van der Waals surface area contributed by atoms with Gasteiger partial charge in [0, 0.05) is 23.0 Å². The van der Waals surface area contributed by atoms with E-state index in [0.717, 1.165) is 22.7 Å². The molecule has 2 rings (SSSR count). The standard InChI is InChI=1S/C20H31N3O3/c1-12(2)8-9-20(7)18(25)22(19(26)21-20)11-17(24)16-10-14(5)23(13(3)4)15(16)6/h10,12-13H,8-9,11H2,1-7H3,(H,21,26). The molecule has 1 fully saturated rings. The fourth-order valence-corrected chi connectivity index (χ4v) is 3.72. The van der Waals surface area contributed by atoms with Crippen LogP contribution in [0.4, 0.5) is 4.79 Å². The highest BCUT2D eigenvalue weighted by atomic mass is 16.2. The molecule has 0 aromatic carbocycles. The lowest BCUT2D eigenvalue weighted by atomic mass is 9.92. The number of aromatic nitrogens is 1. The summed E-state index contributed by atoms with van der Waals surface area (Å²) >= 11 is 0. The Balaban J connectivity index is 2.18. The third kappa shape index (κ3) is 3.69. The predicted octanol–water partition coefficient (Wildman–Crippen LogP) is 3.62. The third-order valence-corrected chi connectivity index (χ3v) is 5.17. The number of amides is 3. The van der Waals surface area contributed by atoms with E-state index >= 15 is 0 Å². The molecule has 0 bridgehead atoms. The summed E-state index contributed by atoms with van der Waals surface area (Å²) in [6, 6.07) is 1.61. The monoisotopic (exact) mass is 361 g/mol. The van der Waals surface area contributed by atoms with Gasteiger partial charge >= 0.3 is 6.03 Å². The first-order valence-corrected chi connectivity index (χ1v) is 9.33. The molecule has 0 spiro atoms. The van der Waals surface area contributed by atoms with Crippen molar-refractivity contribution in [3.8, 4) is 0 Å². The maximum absolute atomic E-state index is 12.8. The van der Waals surface area contributed by atoms with Crippen LogP contribution in [0.5, 0.6) is 0 Å². The number of nitrogens with one attached hydrogen (secondary N) is 1. The Bertz CT molecular complexity index is 733. The molecule has 1 saturated heterocycles. The van der Waals surface area contributed by atoms with Crippen molar-refractivity contribution in [1.82, 2.24) is 14.8 Å². The number of ketones is 1. The molecule has 144 valence electrons. The van der Waals surface area contributed by atoms with Crippen molar-refractivity contribution in [2.75, 3.05) is 6.54 Å². The zero-order valence-electron chi connectivity index (χ0n) is 17.0. The van der Waals surface area contributed by atoms with Crippen molar-refractivity contribution < 1.29 is 14.4 Å². The first kappa shape index (κ1) is 20.2. The van der Waals surface area contributed by atoms with Crippen LogP contribution < -0.4 is 5.32 Å². The molecule has 1 aliphatic rings. The Hall–Kier alpha value is -2.11. The SMILES string of the molecule is Cc1cc(C(=O)CN2C(=O)NC(C)(CCC(C)C)C2=O)c(C)n1C(C)C. The number of carbonyl (C=O) groups excluding carboxylic acids is 3. The van der Waals surface area contributed by atoms with E-state index < -0.39 is 11.6 Å². The number of carbonyl (C=O) groups is 3. The van der Waals surface area contributed by atoms with Crippen molar-refractivity contribution in [3.05, 3.63) is 23.0 Å². The maximum atomic E-state index is 12.8. The molecule has 0 saturated carbocycles. The topological polar surface area (TPSA) is 71.4 Å². The molecule has 6 heteroatoms. The summed E-state index contributed by atoms with van der Waals surface area (Å²) in [5.74, 6) is -0.0793. The Morgan fingerprint density at radius 3 is 2.31 bits per heavy atom. The third-order valence-electron chi connectivity index (χ3n) is 5.17. The highest BCUT2D eigenvalue weighted by Crippen LogP contribution is 2.26. The van der Waals surface area contributed by atoms with Gasteiger partial charge in [-0.1, -0.05) is 13.8 Å². The van der Waals surface area contributed by atoms with Gasteiger partial charge in [0.25, 0.3) is 5.91 Å². The van der Waals surface area contributed by atoms with Crippen LogP contribution in [0.3, 0.4) is 0 Å². The zero-order valence-corrected chi connectivity index (χ0v) is 17.0. The van der Waals surface area contributed by atoms with Crippen molar-refractivity contribution in [3.63, 3.8) is 0 Å². The Morgan fingerprint density at radius 2 is 1.81 bits per heavy atom. The lowest BCUT2D eigenvalue weighted by molar-refractivity contribution is -0.130. The number of Topliss-reactive ketones (excluding diaryl/α,β-unsaturated/α-hetero) is 1. The molecule has 2 heterocycles. The second-order valence-electron chi connectivity index (χ2n) is 8.26. The molecule has 1 aromatic heterocycles. The first-order chi connectivity index (χ1) is 12.0. The number of nitrogens with zero attached hydrogens (tertiary/aromatic N) is 2. The quantitative estimate of drug-likeness (QED) is 0.596. The molecular formula is C20H31N3O3. The molecule has 3 amide bonds. The van der Waals surface area contributed by atoms with Crippen LogP contribution in [-0.2, 0) is 4.79 Å². The summed E-state index contributed by atoms with van der Waals surface area (Å²) in [7, 11) is 0. The highest BCUT2D eigenvalue weighted by molar-refractivity contribution is 6.11. The Labute approximate surface area is 155 Å². The number of hydrogen-bond acceptors (Lipinski definition) is 3. The number of urea groups is 1. The fourth-order valence-electron chi connectivity index (χ4n) is 3.72. The zero-order chi connectivity index (χ0) is 19.8. The normalized spacial score (nSPS) is 20.4. The van der Waals surface area contributed by atoms with Gasteiger partial charge in [-0.05, 0) is 59.4 Å². The Kier molecular flexibility index (Phi) is 5.64. The van der Waals surface area contributed by atoms with Gasteiger partial charge in [-0.3, -0.25) is 14.5 Å². The minimum absolute atomic E-state index is 0.207. The number of rotatable bonds is 7. The molecule has 6 nitrogen and oxygen atoms in total. The van der Waals surface area contributed by atoms with Gasteiger partial charge in [0.1, 0.15) is 5.54 Å². The van der Waals surface area contributed by atoms with Gasteiger partial charge in [0.05, 0.1) is 6.54 Å². The molecule has 1 N–H and O–H groups in total. The minimum atomic E-state index is -0.920. The molecule has 1 unspecified atom stereocenters. The van der Waals surface area contributed by atoms with Crippen LogP contribution >= 0.6 is 0 Å². The molecule has 1 aromatic rings. The van der Waals surface area contributed by atoms with E-state index in [2.05, 4.69) is 37.6 Å².